The second-order valence-corrected chi connectivity index (χ2v) is 4.93. The molecule has 0 aliphatic carbocycles. The standard InChI is InChI=1S/C13H25NO3/c1-3-4-5-6-11(2)14-7-8-17-12(10-14)9-13(15)16/h11-12H,3-10H2,1-2H3,(H,15,16). The average molecular weight is 243 g/mol. The van der Waals surface area contributed by atoms with Gasteiger partial charge in [-0.25, -0.2) is 0 Å². The molecule has 0 bridgehead atoms. The highest BCUT2D eigenvalue weighted by Crippen LogP contribution is 2.15. The van der Waals surface area contributed by atoms with E-state index < -0.39 is 5.97 Å². The van der Waals surface area contributed by atoms with E-state index in [4.69, 9.17) is 9.84 Å². The largest absolute Gasteiger partial charge is 0.481 e. The van der Waals surface area contributed by atoms with Crippen LogP contribution >= 0.6 is 0 Å². The van der Waals surface area contributed by atoms with Crippen LogP contribution in [0.15, 0.2) is 0 Å². The molecule has 1 rings (SSSR count). The lowest BCUT2D eigenvalue weighted by Gasteiger charge is -2.36. The van der Waals surface area contributed by atoms with E-state index in [9.17, 15) is 4.79 Å². The van der Waals surface area contributed by atoms with E-state index in [2.05, 4.69) is 18.7 Å². The first-order valence-corrected chi connectivity index (χ1v) is 6.71. The van der Waals surface area contributed by atoms with Crippen LogP contribution in [0.2, 0.25) is 0 Å². The fourth-order valence-electron chi connectivity index (χ4n) is 2.33. The van der Waals surface area contributed by atoms with Crippen LogP contribution in [0.5, 0.6) is 0 Å². The van der Waals surface area contributed by atoms with Crippen LogP contribution in [-0.4, -0.2) is 47.8 Å². The van der Waals surface area contributed by atoms with Crippen LogP contribution in [0, 0.1) is 0 Å². The molecule has 1 aliphatic rings. The van der Waals surface area contributed by atoms with Gasteiger partial charge < -0.3 is 9.84 Å². The molecule has 17 heavy (non-hydrogen) atoms. The molecule has 2 unspecified atom stereocenters. The van der Waals surface area contributed by atoms with Gasteiger partial charge in [0.05, 0.1) is 19.1 Å². The highest BCUT2D eigenvalue weighted by Gasteiger charge is 2.25. The van der Waals surface area contributed by atoms with E-state index in [0.717, 1.165) is 13.1 Å². The fourth-order valence-corrected chi connectivity index (χ4v) is 2.33. The van der Waals surface area contributed by atoms with E-state index in [-0.39, 0.29) is 12.5 Å². The smallest absolute Gasteiger partial charge is 0.306 e. The minimum absolute atomic E-state index is 0.123. The Morgan fingerprint density at radius 1 is 1.53 bits per heavy atom. The number of ether oxygens (including phenoxy) is 1. The quantitative estimate of drug-likeness (QED) is 0.696. The predicted molar refractivity (Wildman–Crippen MR) is 67.2 cm³/mol. The summed E-state index contributed by atoms with van der Waals surface area (Å²) < 4.78 is 5.47. The van der Waals surface area contributed by atoms with Gasteiger partial charge in [-0.2, -0.15) is 0 Å². The van der Waals surface area contributed by atoms with Gasteiger partial charge in [-0.15, -0.1) is 0 Å². The molecule has 0 aromatic heterocycles. The molecule has 1 aliphatic heterocycles. The summed E-state index contributed by atoms with van der Waals surface area (Å²) in [4.78, 5) is 13.0. The number of hydrogen-bond donors (Lipinski definition) is 1. The topological polar surface area (TPSA) is 49.8 Å². The number of morpholine rings is 1. The molecule has 1 heterocycles. The van der Waals surface area contributed by atoms with Crippen molar-refractivity contribution in [1.29, 1.82) is 0 Å². The summed E-state index contributed by atoms with van der Waals surface area (Å²) in [5.74, 6) is -0.768. The molecule has 1 saturated heterocycles. The van der Waals surface area contributed by atoms with E-state index in [1.165, 1.54) is 25.7 Å². The summed E-state index contributed by atoms with van der Waals surface area (Å²) in [6.45, 7) is 6.81. The van der Waals surface area contributed by atoms with Crippen molar-refractivity contribution in [3.63, 3.8) is 0 Å². The molecule has 0 aromatic carbocycles. The number of unbranched alkanes of at least 4 members (excludes halogenated alkanes) is 2. The third-order valence-electron chi connectivity index (χ3n) is 3.42. The van der Waals surface area contributed by atoms with Crippen LogP contribution in [0.25, 0.3) is 0 Å². The maximum Gasteiger partial charge on any atom is 0.306 e. The van der Waals surface area contributed by atoms with E-state index in [1.807, 2.05) is 0 Å². The normalized spacial score (nSPS) is 23.5. The van der Waals surface area contributed by atoms with E-state index in [1.54, 1.807) is 0 Å². The van der Waals surface area contributed by atoms with Gasteiger partial charge in [0.2, 0.25) is 0 Å². The summed E-state index contributed by atoms with van der Waals surface area (Å²) in [6, 6.07) is 0.543. The van der Waals surface area contributed by atoms with Crippen molar-refractivity contribution < 1.29 is 14.6 Å². The third-order valence-corrected chi connectivity index (χ3v) is 3.42. The second kappa shape index (κ2) is 7.67. The van der Waals surface area contributed by atoms with Crippen molar-refractivity contribution in [1.82, 2.24) is 4.90 Å². The Labute approximate surface area is 104 Å². The van der Waals surface area contributed by atoms with Gasteiger partial charge >= 0.3 is 5.97 Å². The zero-order chi connectivity index (χ0) is 12.7. The molecule has 0 amide bonds. The first-order valence-electron chi connectivity index (χ1n) is 6.71. The van der Waals surface area contributed by atoms with Crippen molar-refractivity contribution in [3.05, 3.63) is 0 Å². The lowest BCUT2D eigenvalue weighted by Crippen LogP contribution is -2.47. The molecule has 100 valence electrons. The Bertz CT molecular complexity index is 233. The number of rotatable bonds is 7. The zero-order valence-electron chi connectivity index (χ0n) is 11.0. The Morgan fingerprint density at radius 2 is 2.29 bits per heavy atom. The number of carboxylic acids is 1. The molecule has 1 fully saturated rings. The minimum Gasteiger partial charge on any atom is -0.481 e. The monoisotopic (exact) mass is 243 g/mol. The summed E-state index contributed by atoms with van der Waals surface area (Å²) in [7, 11) is 0. The number of aliphatic carboxylic acids is 1. The Morgan fingerprint density at radius 3 is 2.94 bits per heavy atom. The molecule has 0 aromatic rings. The van der Waals surface area contributed by atoms with Crippen molar-refractivity contribution >= 4 is 5.97 Å². The lowest BCUT2D eigenvalue weighted by atomic mass is 10.1. The van der Waals surface area contributed by atoms with Gasteiger partial charge in [-0.1, -0.05) is 26.2 Å². The second-order valence-electron chi connectivity index (χ2n) is 4.93. The van der Waals surface area contributed by atoms with Gasteiger partial charge in [0, 0.05) is 19.1 Å². The van der Waals surface area contributed by atoms with Crippen LogP contribution in [0.3, 0.4) is 0 Å². The number of carbonyl (C=O) groups is 1. The van der Waals surface area contributed by atoms with Crippen LogP contribution in [-0.2, 0) is 9.53 Å². The molecule has 4 nitrogen and oxygen atoms in total. The van der Waals surface area contributed by atoms with Crippen LogP contribution in [0.4, 0.5) is 0 Å². The van der Waals surface area contributed by atoms with Crippen molar-refractivity contribution in [3.8, 4) is 0 Å². The van der Waals surface area contributed by atoms with E-state index in [0.29, 0.717) is 12.6 Å². The van der Waals surface area contributed by atoms with Crippen LogP contribution < -0.4 is 0 Å². The first kappa shape index (κ1) is 14.5. The summed E-state index contributed by atoms with van der Waals surface area (Å²) in [6.07, 6.45) is 4.99. The molecule has 0 saturated carbocycles. The van der Waals surface area contributed by atoms with Crippen molar-refractivity contribution in [2.75, 3.05) is 19.7 Å². The van der Waals surface area contributed by atoms with Crippen molar-refractivity contribution in [2.24, 2.45) is 0 Å². The highest BCUT2D eigenvalue weighted by atomic mass is 16.5. The van der Waals surface area contributed by atoms with Crippen LogP contribution in [0.1, 0.15) is 46.0 Å². The Kier molecular flexibility index (Phi) is 6.52. The summed E-state index contributed by atoms with van der Waals surface area (Å²) in [5, 5.41) is 8.77. The summed E-state index contributed by atoms with van der Waals surface area (Å²) in [5.41, 5.74) is 0. The maximum absolute atomic E-state index is 10.7. The molecular formula is C13H25NO3. The lowest BCUT2D eigenvalue weighted by molar-refractivity contribution is -0.142. The Balaban J connectivity index is 2.29. The molecular weight excluding hydrogens is 218 g/mol. The molecule has 0 radical (unpaired) electrons. The third kappa shape index (κ3) is 5.50. The predicted octanol–water partition coefficient (Wildman–Crippen LogP) is 2.13. The molecule has 1 N–H and O–H groups in total. The molecule has 4 heteroatoms. The average Bonchev–Trinajstić information content (AvgIpc) is 2.28. The minimum atomic E-state index is -0.768. The molecule has 0 spiro atoms. The number of nitrogens with zero attached hydrogens (tertiary/aromatic N) is 1. The fraction of sp³-hybridized carbons (Fsp3) is 0.923. The number of hydrogen-bond acceptors (Lipinski definition) is 3. The van der Waals surface area contributed by atoms with Gasteiger partial charge in [0.1, 0.15) is 0 Å². The van der Waals surface area contributed by atoms with Gasteiger partial charge in [0.25, 0.3) is 0 Å². The zero-order valence-corrected chi connectivity index (χ0v) is 11.0. The van der Waals surface area contributed by atoms with Gasteiger partial charge in [-0.05, 0) is 13.3 Å². The number of carboxylic acid groups (broad SMARTS) is 1. The first-order chi connectivity index (χ1) is 8.13. The van der Waals surface area contributed by atoms with Crippen molar-refractivity contribution in [2.45, 2.75) is 58.1 Å². The Hall–Kier alpha value is -0.610. The summed E-state index contributed by atoms with van der Waals surface area (Å²) >= 11 is 0. The SMILES string of the molecule is CCCCCC(C)N1CCOC(CC(=O)O)C1. The van der Waals surface area contributed by atoms with E-state index >= 15 is 0 Å². The van der Waals surface area contributed by atoms with Gasteiger partial charge in [0.15, 0.2) is 0 Å². The highest BCUT2D eigenvalue weighted by molar-refractivity contribution is 5.67. The molecule has 2 atom stereocenters. The van der Waals surface area contributed by atoms with Gasteiger partial charge in [-0.3, -0.25) is 9.69 Å². The maximum atomic E-state index is 10.7.